The molecular weight excluding hydrogens is 340 g/mol. The molecule has 2 aliphatic rings. The molecule has 0 unspecified atom stereocenters. The number of nitrogens with zero attached hydrogens (tertiary/aromatic N) is 2. The number of rotatable bonds is 3. The number of hydrogen-bond acceptors (Lipinski definition) is 3. The van der Waals surface area contributed by atoms with Gasteiger partial charge in [-0.3, -0.25) is 9.59 Å². The predicted octanol–water partition coefficient (Wildman–Crippen LogP) is 2.71. The van der Waals surface area contributed by atoms with Gasteiger partial charge in [-0.1, -0.05) is 36.4 Å². The number of hydrogen-bond donors (Lipinski definition) is 0. The Morgan fingerprint density at radius 1 is 0.926 bits per heavy atom. The van der Waals surface area contributed by atoms with Crippen LogP contribution in [0.25, 0.3) is 0 Å². The van der Waals surface area contributed by atoms with E-state index >= 15 is 0 Å². The molecule has 0 radical (unpaired) electrons. The number of carbonyl (C=O) groups is 2. The van der Waals surface area contributed by atoms with Gasteiger partial charge in [0.25, 0.3) is 5.91 Å². The number of amides is 2. The average Bonchev–Trinajstić information content (AvgIpc) is 3.17. The molecule has 0 spiro atoms. The van der Waals surface area contributed by atoms with E-state index in [1.54, 1.807) is 19.2 Å². The van der Waals surface area contributed by atoms with Gasteiger partial charge in [0.2, 0.25) is 5.91 Å². The first-order chi connectivity index (χ1) is 13.2. The van der Waals surface area contributed by atoms with E-state index in [4.69, 9.17) is 4.74 Å². The molecular formula is C22H24N2O3. The normalized spacial score (nSPS) is 18.9. The maximum Gasteiger partial charge on any atom is 0.257 e. The van der Waals surface area contributed by atoms with Crippen LogP contribution in [-0.4, -0.2) is 54.9 Å². The lowest BCUT2D eigenvalue weighted by Crippen LogP contribution is -2.51. The summed E-state index contributed by atoms with van der Waals surface area (Å²) in [4.78, 5) is 29.6. The van der Waals surface area contributed by atoms with Gasteiger partial charge in [-0.2, -0.15) is 0 Å². The predicted molar refractivity (Wildman–Crippen MR) is 103 cm³/mol. The Bertz CT molecular complexity index is 856. The summed E-state index contributed by atoms with van der Waals surface area (Å²) in [5, 5.41) is 0. The van der Waals surface area contributed by atoms with Crippen LogP contribution in [-0.2, 0) is 11.2 Å². The number of carbonyl (C=O) groups excluding carboxylic acids is 2. The number of piperazine rings is 1. The van der Waals surface area contributed by atoms with Crippen molar-refractivity contribution in [2.24, 2.45) is 0 Å². The summed E-state index contributed by atoms with van der Waals surface area (Å²) in [5.74, 6) is 0.719. The molecule has 1 atom stereocenters. The van der Waals surface area contributed by atoms with Gasteiger partial charge in [0.15, 0.2) is 0 Å². The minimum atomic E-state index is -0.0363. The van der Waals surface area contributed by atoms with Crippen molar-refractivity contribution in [1.82, 2.24) is 9.80 Å². The first-order valence-corrected chi connectivity index (χ1v) is 9.48. The maximum absolute atomic E-state index is 13.0. The smallest absolute Gasteiger partial charge is 0.257 e. The molecule has 0 saturated carbocycles. The second kappa shape index (κ2) is 7.43. The van der Waals surface area contributed by atoms with Crippen molar-refractivity contribution in [3.63, 3.8) is 0 Å². The number of benzene rings is 2. The summed E-state index contributed by atoms with van der Waals surface area (Å²) in [7, 11) is 1.57. The molecule has 2 aromatic rings. The summed E-state index contributed by atoms with van der Waals surface area (Å²) >= 11 is 0. The van der Waals surface area contributed by atoms with E-state index in [9.17, 15) is 9.59 Å². The number of para-hydroxylation sites is 1. The molecule has 1 aliphatic carbocycles. The van der Waals surface area contributed by atoms with Crippen molar-refractivity contribution in [3.8, 4) is 5.75 Å². The zero-order valence-electron chi connectivity index (χ0n) is 15.6. The van der Waals surface area contributed by atoms with E-state index in [1.165, 1.54) is 11.1 Å². The van der Waals surface area contributed by atoms with Gasteiger partial charge in [0.05, 0.1) is 18.6 Å². The highest BCUT2D eigenvalue weighted by Gasteiger charge is 2.33. The van der Waals surface area contributed by atoms with Crippen molar-refractivity contribution in [2.75, 3.05) is 33.3 Å². The van der Waals surface area contributed by atoms with Crippen molar-refractivity contribution >= 4 is 11.8 Å². The van der Waals surface area contributed by atoms with Crippen LogP contribution in [0.1, 0.15) is 33.8 Å². The van der Waals surface area contributed by atoms with Crippen molar-refractivity contribution < 1.29 is 14.3 Å². The van der Waals surface area contributed by atoms with Crippen LogP contribution in [0.5, 0.6) is 5.75 Å². The van der Waals surface area contributed by atoms with Crippen molar-refractivity contribution in [2.45, 2.75) is 18.8 Å². The van der Waals surface area contributed by atoms with Gasteiger partial charge in [0, 0.05) is 26.2 Å². The molecule has 0 aromatic heterocycles. The largest absolute Gasteiger partial charge is 0.496 e. The minimum Gasteiger partial charge on any atom is -0.496 e. The molecule has 0 N–H and O–H groups in total. The topological polar surface area (TPSA) is 49.9 Å². The quantitative estimate of drug-likeness (QED) is 0.841. The SMILES string of the molecule is COc1ccccc1C(=O)N1CCN(C(=O)[C@@H]2CCc3ccccc32)CC1. The molecule has 5 nitrogen and oxygen atoms in total. The standard InChI is InChI=1S/C22H24N2O3/c1-27-20-9-5-4-8-19(20)22(26)24-14-12-23(13-15-24)21(25)18-11-10-16-6-2-3-7-17(16)18/h2-9,18H,10-15H2,1H3/t18-/m1/s1. The highest BCUT2D eigenvalue weighted by atomic mass is 16.5. The van der Waals surface area contributed by atoms with Crippen molar-refractivity contribution in [3.05, 3.63) is 65.2 Å². The fourth-order valence-electron chi connectivity index (χ4n) is 4.16. The Balaban J connectivity index is 1.41. The lowest BCUT2D eigenvalue weighted by Gasteiger charge is -2.36. The first-order valence-electron chi connectivity index (χ1n) is 9.48. The van der Waals surface area contributed by atoms with Gasteiger partial charge in [-0.15, -0.1) is 0 Å². The Hall–Kier alpha value is -2.82. The third kappa shape index (κ3) is 3.29. The third-order valence-electron chi connectivity index (χ3n) is 5.65. The molecule has 4 rings (SSSR count). The lowest BCUT2D eigenvalue weighted by atomic mass is 9.99. The Labute approximate surface area is 159 Å². The molecule has 2 amide bonds. The van der Waals surface area contributed by atoms with Gasteiger partial charge >= 0.3 is 0 Å². The highest BCUT2D eigenvalue weighted by Crippen LogP contribution is 2.34. The van der Waals surface area contributed by atoms with Gasteiger partial charge in [0.1, 0.15) is 5.75 Å². The molecule has 5 heteroatoms. The number of fused-ring (bicyclic) bond motifs is 1. The second-order valence-corrected chi connectivity index (χ2v) is 7.11. The van der Waals surface area contributed by atoms with Gasteiger partial charge in [-0.05, 0) is 36.1 Å². The Morgan fingerprint density at radius 2 is 1.59 bits per heavy atom. The lowest BCUT2D eigenvalue weighted by molar-refractivity contribution is -0.134. The summed E-state index contributed by atoms with van der Waals surface area (Å²) < 4.78 is 5.31. The fraction of sp³-hybridized carbons (Fsp3) is 0.364. The van der Waals surface area contributed by atoms with Crippen LogP contribution >= 0.6 is 0 Å². The van der Waals surface area contributed by atoms with Crippen LogP contribution in [0.4, 0.5) is 0 Å². The monoisotopic (exact) mass is 364 g/mol. The van der Waals surface area contributed by atoms with Gasteiger partial charge < -0.3 is 14.5 Å². The zero-order chi connectivity index (χ0) is 18.8. The van der Waals surface area contributed by atoms with Gasteiger partial charge in [-0.25, -0.2) is 0 Å². The van der Waals surface area contributed by atoms with E-state index in [1.807, 2.05) is 34.1 Å². The van der Waals surface area contributed by atoms with E-state index in [2.05, 4.69) is 12.1 Å². The summed E-state index contributed by atoms with van der Waals surface area (Å²) in [6.45, 7) is 2.27. The van der Waals surface area contributed by atoms with Crippen LogP contribution in [0, 0.1) is 0 Å². The first kappa shape index (κ1) is 17.6. The Morgan fingerprint density at radius 3 is 2.37 bits per heavy atom. The fourth-order valence-corrected chi connectivity index (χ4v) is 4.16. The molecule has 2 aromatic carbocycles. The molecule has 1 saturated heterocycles. The molecule has 27 heavy (non-hydrogen) atoms. The number of ether oxygens (including phenoxy) is 1. The highest BCUT2D eigenvalue weighted by molar-refractivity contribution is 5.97. The number of methoxy groups -OCH3 is 1. The molecule has 1 aliphatic heterocycles. The molecule has 0 bridgehead atoms. The van der Waals surface area contributed by atoms with E-state index in [-0.39, 0.29) is 17.7 Å². The van der Waals surface area contributed by atoms with Crippen LogP contribution < -0.4 is 4.74 Å². The summed E-state index contributed by atoms with van der Waals surface area (Å²) in [5.41, 5.74) is 3.04. The second-order valence-electron chi connectivity index (χ2n) is 7.11. The average molecular weight is 364 g/mol. The van der Waals surface area contributed by atoms with Crippen LogP contribution in [0.3, 0.4) is 0 Å². The molecule has 1 fully saturated rings. The molecule has 140 valence electrons. The number of aryl methyl sites for hydroxylation is 1. The maximum atomic E-state index is 13.0. The van der Waals surface area contributed by atoms with Crippen molar-refractivity contribution in [1.29, 1.82) is 0 Å². The minimum absolute atomic E-state index is 0.0299. The molecule has 1 heterocycles. The van der Waals surface area contributed by atoms with E-state index in [0.717, 1.165) is 12.8 Å². The van der Waals surface area contributed by atoms with E-state index in [0.29, 0.717) is 37.5 Å². The summed E-state index contributed by atoms with van der Waals surface area (Å²) in [6.07, 6.45) is 1.86. The van der Waals surface area contributed by atoms with Crippen LogP contribution in [0.15, 0.2) is 48.5 Å². The summed E-state index contributed by atoms with van der Waals surface area (Å²) in [6, 6.07) is 15.5. The van der Waals surface area contributed by atoms with Crippen LogP contribution in [0.2, 0.25) is 0 Å². The van der Waals surface area contributed by atoms with E-state index < -0.39 is 0 Å². The zero-order valence-corrected chi connectivity index (χ0v) is 15.6. The Kier molecular flexibility index (Phi) is 4.84. The third-order valence-corrected chi connectivity index (χ3v) is 5.65.